The molecule has 0 bridgehead atoms. The van der Waals surface area contributed by atoms with Crippen molar-refractivity contribution >= 4 is 5.71 Å². The van der Waals surface area contributed by atoms with Crippen LogP contribution in [0.15, 0.2) is 59.8 Å². The largest absolute Gasteiger partial charge is 0.411 e. The molecule has 0 saturated heterocycles. The Labute approximate surface area is 118 Å². The molecule has 0 aliphatic rings. The second kappa shape index (κ2) is 6.53. The van der Waals surface area contributed by atoms with Gasteiger partial charge in [0.1, 0.15) is 0 Å². The maximum absolute atomic E-state index is 9.41. The summed E-state index contributed by atoms with van der Waals surface area (Å²) in [4.78, 5) is 0. The number of oxime groups is 1. The highest BCUT2D eigenvalue weighted by atomic mass is 16.4. The van der Waals surface area contributed by atoms with Gasteiger partial charge in [-0.3, -0.25) is 0 Å². The molecule has 0 fully saturated rings. The van der Waals surface area contributed by atoms with Crippen molar-refractivity contribution in [2.24, 2.45) is 5.16 Å². The van der Waals surface area contributed by atoms with E-state index in [1.807, 2.05) is 54.6 Å². The average molecular weight is 264 g/mol. The molecular formula is C17H16N2O. The Hall–Kier alpha value is -2.60. The van der Waals surface area contributed by atoms with Crippen molar-refractivity contribution in [1.82, 2.24) is 0 Å². The molecule has 0 heterocycles. The molecular weight excluding hydrogens is 248 g/mol. The van der Waals surface area contributed by atoms with Gasteiger partial charge in [0, 0.05) is 6.42 Å². The molecule has 0 amide bonds. The van der Waals surface area contributed by atoms with Gasteiger partial charge in [0.25, 0.3) is 0 Å². The molecule has 3 nitrogen and oxygen atoms in total. The molecule has 100 valence electrons. The minimum absolute atomic E-state index is 0.317. The lowest BCUT2D eigenvalue weighted by atomic mass is 9.88. The predicted molar refractivity (Wildman–Crippen MR) is 79.7 cm³/mol. The maximum Gasteiger partial charge on any atom is 0.0771 e. The maximum atomic E-state index is 9.41. The first-order valence-corrected chi connectivity index (χ1v) is 6.47. The first kappa shape index (κ1) is 13.8. The first-order chi connectivity index (χ1) is 9.76. The predicted octanol–water partition coefficient (Wildman–Crippen LogP) is 4.20. The van der Waals surface area contributed by atoms with Crippen LogP contribution in [-0.4, -0.2) is 10.9 Å². The van der Waals surface area contributed by atoms with E-state index in [0.29, 0.717) is 12.1 Å². The molecule has 0 unspecified atom stereocenters. The average Bonchev–Trinajstić information content (AvgIpc) is 2.53. The number of benzene rings is 2. The second-order valence-electron chi connectivity index (χ2n) is 4.67. The van der Waals surface area contributed by atoms with Crippen LogP contribution in [0.25, 0.3) is 11.1 Å². The number of rotatable bonds is 4. The Morgan fingerprint density at radius 1 is 1.15 bits per heavy atom. The summed E-state index contributed by atoms with van der Waals surface area (Å²) in [6.45, 7) is 1.72. The van der Waals surface area contributed by atoms with Crippen LogP contribution in [0.1, 0.15) is 24.8 Å². The van der Waals surface area contributed by atoms with E-state index < -0.39 is 0 Å². The van der Waals surface area contributed by atoms with Gasteiger partial charge < -0.3 is 5.21 Å². The Balaban J connectivity index is 2.44. The van der Waals surface area contributed by atoms with Gasteiger partial charge in [-0.15, -0.1) is 0 Å². The fraction of sp³-hybridized carbons (Fsp3) is 0.176. The van der Waals surface area contributed by atoms with Gasteiger partial charge in [-0.25, -0.2) is 0 Å². The Morgan fingerprint density at radius 2 is 1.80 bits per heavy atom. The highest BCUT2D eigenvalue weighted by molar-refractivity contribution is 5.83. The van der Waals surface area contributed by atoms with E-state index >= 15 is 0 Å². The van der Waals surface area contributed by atoms with Crippen molar-refractivity contribution in [3.8, 4) is 17.2 Å². The third kappa shape index (κ3) is 3.04. The molecule has 20 heavy (non-hydrogen) atoms. The fourth-order valence-corrected chi connectivity index (χ4v) is 2.24. The lowest BCUT2D eigenvalue weighted by molar-refractivity contribution is 0.317. The molecule has 2 rings (SSSR count). The number of hydrogen-bond donors (Lipinski definition) is 1. The van der Waals surface area contributed by atoms with Crippen LogP contribution in [-0.2, 0) is 0 Å². The van der Waals surface area contributed by atoms with Gasteiger partial charge in [0.05, 0.1) is 17.7 Å². The van der Waals surface area contributed by atoms with Crippen LogP contribution in [0.5, 0.6) is 0 Å². The zero-order valence-electron chi connectivity index (χ0n) is 11.3. The normalized spacial score (nSPS) is 12.7. The third-order valence-corrected chi connectivity index (χ3v) is 3.25. The molecule has 0 saturated carbocycles. The molecule has 0 aliphatic carbocycles. The number of hydrogen-bond acceptors (Lipinski definition) is 3. The molecule has 2 aromatic rings. The Morgan fingerprint density at radius 3 is 2.45 bits per heavy atom. The lowest BCUT2D eigenvalue weighted by Crippen LogP contribution is -2.04. The molecule has 1 atom stereocenters. The molecule has 3 heteroatoms. The standard InChI is InChI=1S/C17H16N2O/c1-13(19-20)11-15(12-18)17-10-6-5-9-16(17)14-7-3-2-4-8-14/h2-10,15,20H,11H2,1H3/b19-13-/t15-/m1/s1. The van der Waals surface area contributed by atoms with Crippen molar-refractivity contribution in [3.63, 3.8) is 0 Å². The van der Waals surface area contributed by atoms with Crippen molar-refractivity contribution in [1.29, 1.82) is 5.26 Å². The smallest absolute Gasteiger partial charge is 0.0771 e. The zero-order valence-corrected chi connectivity index (χ0v) is 11.3. The summed E-state index contributed by atoms with van der Waals surface area (Å²) in [7, 11) is 0. The highest BCUT2D eigenvalue weighted by Crippen LogP contribution is 2.30. The topological polar surface area (TPSA) is 56.4 Å². The highest BCUT2D eigenvalue weighted by Gasteiger charge is 2.16. The van der Waals surface area contributed by atoms with E-state index in [1.54, 1.807) is 6.92 Å². The van der Waals surface area contributed by atoms with E-state index in [9.17, 15) is 5.26 Å². The van der Waals surface area contributed by atoms with E-state index in [-0.39, 0.29) is 5.92 Å². The molecule has 1 N–H and O–H groups in total. The SMILES string of the molecule is C/C(C[C@H](C#N)c1ccccc1-c1ccccc1)=N/O. The zero-order chi connectivity index (χ0) is 14.4. The van der Waals surface area contributed by atoms with E-state index in [4.69, 9.17) is 5.21 Å². The van der Waals surface area contributed by atoms with Crippen LogP contribution in [0, 0.1) is 11.3 Å². The molecule has 0 aromatic heterocycles. The summed E-state index contributed by atoms with van der Waals surface area (Å²) in [5, 5.41) is 21.4. The summed E-state index contributed by atoms with van der Waals surface area (Å²) in [6, 6.07) is 20.2. The van der Waals surface area contributed by atoms with E-state index in [2.05, 4.69) is 11.2 Å². The minimum atomic E-state index is -0.317. The van der Waals surface area contributed by atoms with Gasteiger partial charge >= 0.3 is 0 Å². The van der Waals surface area contributed by atoms with Crippen LogP contribution in [0.3, 0.4) is 0 Å². The van der Waals surface area contributed by atoms with E-state index in [1.165, 1.54) is 0 Å². The second-order valence-corrected chi connectivity index (χ2v) is 4.67. The summed E-state index contributed by atoms with van der Waals surface area (Å²) in [5.41, 5.74) is 3.65. The molecule has 0 radical (unpaired) electrons. The van der Waals surface area contributed by atoms with Gasteiger partial charge in [-0.05, 0) is 23.6 Å². The van der Waals surface area contributed by atoms with E-state index in [0.717, 1.165) is 16.7 Å². The first-order valence-electron chi connectivity index (χ1n) is 6.47. The van der Waals surface area contributed by atoms with Crippen LogP contribution in [0.2, 0.25) is 0 Å². The van der Waals surface area contributed by atoms with Gasteiger partial charge in [-0.2, -0.15) is 5.26 Å². The molecule has 0 aliphatic heterocycles. The number of nitrogens with zero attached hydrogens (tertiary/aromatic N) is 2. The van der Waals surface area contributed by atoms with Gasteiger partial charge in [0.2, 0.25) is 0 Å². The van der Waals surface area contributed by atoms with Crippen molar-refractivity contribution in [2.75, 3.05) is 0 Å². The lowest BCUT2D eigenvalue weighted by Gasteiger charge is -2.14. The van der Waals surface area contributed by atoms with Crippen LogP contribution in [0.4, 0.5) is 0 Å². The van der Waals surface area contributed by atoms with Crippen molar-refractivity contribution < 1.29 is 5.21 Å². The van der Waals surface area contributed by atoms with Crippen LogP contribution < -0.4 is 0 Å². The fourth-order valence-electron chi connectivity index (χ4n) is 2.24. The summed E-state index contributed by atoms with van der Waals surface area (Å²) in [6.07, 6.45) is 0.427. The Kier molecular flexibility index (Phi) is 4.52. The molecule has 0 spiro atoms. The summed E-state index contributed by atoms with van der Waals surface area (Å²) < 4.78 is 0. The summed E-state index contributed by atoms with van der Waals surface area (Å²) >= 11 is 0. The number of nitriles is 1. The summed E-state index contributed by atoms with van der Waals surface area (Å²) in [5.74, 6) is -0.317. The van der Waals surface area contributed by atoms with Gasteiger partial charge in [0.15, 0.2) is 0 Å². The third-order valence-electron chi connectivity index (χ3n) is 3.25. The van der Waals surface area contributed by atoms with Gasteiger partial charge in [-0.1, -0.05) is 59.8 Å². The minimum Gasteiger partial charge on any atom is -0.411 e. The monoisotopic (exact) mass is 264 g/mol. The van der Waals surface area contributed by atoms with Crippen molar-refractivity contribution in [3.05, 3.63) is 60.2 Å². The Bertz CT molecular complexity index is 642. The quantitative estimate of drug-likeness (QED) is 0.511. The molecule has 2 aromatic carbocycles. The van der Waals surface area contributed by atoms with Crippen molar-refractivity contribution in [2.45, 2.75) is 19.3 Å². The van der Waals surface area contributed by atoms with Crippen LogP contribution >= 0.6 is 0 Å².